The van der Waals surface area contributed by atoms with Crippen LogP contribution in [0, 0.1) is 0 Å². The van der Waals surface area contributed by atoms with Crippen molar-refractivity contribution in [3.05, 3.63) is 0 Å². The molecular weight excluding hydrogens is 206 g/mol. The van der Waals surface area contributed by atoms with Gasteiger partial charge in [-0.1, -0.05) is 12.8 Å². The van der Waals surface area contributed by atoms with Crippen LogP contribution >= 0.6 is 0 Å². The molecule has 1 aliphatic carbocycles. The predicted octanol–water partition coefficient (Wildman–Crippen LogP) is 1.33. The number of hydrogen-bond donors (Lipinski definition) is 1. The predicted molar refractivity (Wildman–Crippen MR) is 63.5 cm³/mol. The molecule has 4 nitrogen and oxygen atoms in total. The van der Waals surface area contributed by atoms with Gasteiger partial charge in [0, 0.05) is 26.9 Å². The van der Waals surface area contributed by atoms with E-state index in [4.69, 9.17) is 19.9 Å². The van der Waals surface area contributed by atoms with Crippen molar-refractivity contribution in [3.63, 3.8) is 0 Å². The fourth-order valence-electron chi connectivity index (χ4n) is 2.12. The van der Waals surface area contributed by atoms with Gasteiger partial charge in [0.1, 0.15) is 0 Å². The van der Waals surface area contributed by atoms with Crippen molar-refractivity contribution in [2.45, 2.75) is 37.7 Å². The number of methoxy groups -OCH3 is 1. The van der Waals surface area contributed by atoms with Gasteiger partial charge in [0.15, 0.2) is 0 Å². The molecule has 1 rings (SSSR count). The highest BCUT2D eigenvalue weighted by Crippen LogP contribution is 2.32. The highest BCUT2D eigenvalue weighted by atomic mass is 16.5. The number of rotatable bonds is 9. The van der Waals surface area contributed by atoms with Gasteiger partial charge in [-0.05, 0) is 19.3 Å². The second-order valence-electron chi connectivity index (χ2n) is 4.40. The molecule has 96 valence electrons. The highest BCUT2D eigenvalue weighted by Gasteiger charge is 2.32. The van der Waals surface area contributed by atoms with Crippen molar-refractivity contribution in [2.24, 2.45) is 5.73 Å². The van der Waals surface area contributed by atoms with Crippen LogP contribution in [0.4, 0.5) is 0 Å². The topological polar surface area (TPSA) is 53.7 Å². The van der Waals surface area contributed by atoms with Crippen LogP contribution in [-0.2, 0) is 14.2 Å². The lowest BCUT2D eigenvalue weighted by molar-refractivity contribution is -0.0429. The standard InChI is InChI=1S/C12H25NO3/c1-14-9-10-15-7-4-8-16-12(11-13)5-2-3-6-12/h2-11,13H2,1H3. The van der Waals surface area contributed by atoms with Gasteiger partial charge in [-0.3, -0.25) is 0 Å². The third-order valence-electron chi connectivity index (χ3n) is 3.16. The molecule has 0 aliphatic heterocycles. The van der Waals surface area contributed by atoms with Crippen LogP contribution in [0.2, 0.25) is 0 Å². The van der Waals surface area contributed by atoms with Gasteiger partial charge in [0.05, 0.1) is 18.8 Å². The molecule has 2 N–H and O–H groups in total. The minimum Gasteiger partial charge on any atom is -0.382 e. The number of nitrogens with two attached hydrogens (primary N) is 1. The largest absolute Gasteiger partial charge is 0.382 e. The highest BCUT2D eigenvalue weighted by molar-refractivity contribution is 4.87. The molecule has 0 heterocycles. The molecule has 0 aromatic rings. The van der Waals surface area contributed by atoms with E-state index < -0.39 is 0 Å². The van der Waals surface area contributed by atoms with E-state index in [0.29, 0.717) is 19.8 Å². The summed E-state index contributed by atoms with van der Waals surface area (Å²) >= 11 is 0. The molecule has 0 saturated heterocycles. The van der Waals surface area contributed by atoms with Crippen LogP contribution in [0.3, 0.4) is 0 Å². The Labute approximate surface area is 98.4 Å². The minimum atomic E-state index is -0.0213. The maximum atomic E-state index is 5.91. The van der Waals surface area contributed by atoms with Gasteiger partial charge in [0.25, 0.3) is 0 Å². The van der Waals surface area contributed by atoms with E-state index in [1.165, 1.54) is 12.8 Å². The van der Waals surface area contributed by atoms with E-state index in [1.807, 2.05) is 0 Å². The molecule has 0 aromatic heterocycles. The zero-order valence-corrected chi connectivity index (χ0v) is 10.4. The van der Waals surface area contributed by atoms with E-state index in [1.54, 1.807) is 7.11 Å². The average molecular weight is 231 g/mol. The van der Waals surface area contributed by atoms with Crippen LogP contribution in [0.1, 0.15) is 32.1 Å². The molecule has 1 fully saturated rings. The summed E-state index contributed by atoms with van der Waals surface area (Å²) in [5.41, 5.74) is 5.76. The summed E-state index contributed by atoms with van der Waals surface area (Å²) < 4.78 is 16.2. The van der Waals surface area contributed by atoms with Crippen LogP contribution in [-0.4, -0.2) is 45.7 Å². The summed E-state index contributed by atoms with van der Waals surface area (Å²) in [6.07, 6.45) is 5.68. The van der Waals surface area contributed by atoms with Crippen molar-refractivity contribution < 1.29 is 14.2 Å². The Bertz CT molecular complexity index is 170. The molecule has 0 amide bonds. The molecule has 1 saturated carbocycles. The van der Waals surface area contributed by atoms with E-state index >= 15 is 0 Å². The van der Waals surface area contributed by atoms with E-state index in [2.05, 4.69) is 0 Å². The second kappa shape index (κ2) is 8.01. The van der Waals surface area contributed by atoms with Crippen molar-refractivity contribution >= 4 is 0 Å². The van der Waals surface area contributed by atoms with Gasteiger partial charge in [-0.25, -0.2) is 0 Å². The molecule has 4 heteroatoms. The van der Waals surface area contributed by atoms with Crippen LogP contribution in [0.5, 0.6) is 0 Å². The van der Waals surface area contributed by atoms with E-state index in [-0.39, 0.29) is 5.60 Å². The molecule has 0 radical (unpaired) electrons. The normalized spacial score (nSPS) is 19.1. The molecule has 0 atom stereocenters. The van der Waals surface area contributed by atoms with Gasteiger partial charge < -0.3 is 19.9 Å². The van der Waals surface area contributed by atoms with Gasteiger partial charge in [-0.15, -0.1) is 0 Å². The minimum absolute atomic E-state index is 0.0213. The monoisotopic (exact) mass is 231 g/mol. The lowest BCUT2D eigenvalue weighted by Gasteiger charge is -2.27. The first kappa shape index (κ1) is 13.9. The first-order valence-corrected chi connectivity index (χ1v) is 6.24. The zero-order chi connectivity index (χ0) is 11.7. The third kappa shape index (κ3) is 4.78. The Morgan fingerprint density at radius 3 is 2.44 bits per heavy atom. The van der Waals surface area contributed by atoms with Gasteiger partial charge >= 0.3 is 0 Å². The Hall–Kier alpha value is -0.160. The van der Waals surface area contributed by atoms with Crippen molar-refractivity contribution in [3.8, 4) is 0 Å². The average Bonchev–Trinajstić information content (AvgIpc) is 2.77. The quantitative estimate of drug-likeness (QED) is 0.608. The maximum Gasteiger partial charge on any atom is 0.0804 e. The summed E-state index contributed by atoms with van der Waals surface area (Å²) in [5, 5.41) is 0. The Morgan fingerprint density at radius 2 is 1.81 bits per heavy atom. The number of ether oxygens (including phenoxy) is 3. The molecule has 16 heavy (non-hydrogen) atoms. The lowest BCUT2D eigenvalue weighted by atomic mass is 10.0. The fourth-order valence-corrected chi connectivity index (χ4v) is 2.12. The summed E-state index contributed by atoms with van der Waals surface area (Å²) in [6, 6.07) is 0. The Kier molecular flexibility index (Phi) is 6.96. The first-order valence-electron chi connectivity index (χ1n) is 6.24. The second-order valence-corrected chi connectivity index (χ2v) is 4.40. The van der Waals surface area contributed by atoms with Crippen molar-refractivity contribution in [2.75, 3.05) is 40.1 Å². The lowest BCUT2D eigenvalue weighted by Crippen LogP contribution is -2.38. The SMILES string of the molecule is COCCOCCCOC1(CN)CCCC1. The van der Waals surface area contributed by atoms with E-state index in [9.17, 15) is 0 Å². The molecule has 1 aliphatic rings. The smallest absolute Gasteiger partial charge is 0.0804 e. The summed E-state index contributed by atoms with van der Waals surface area (Å²) in [4.78, 5) is 0. The zero-order valence-electron chi connectivity index (χ0n) is 10.4. The molecular formula is C12H25NO3. The Morgan fingerprint density at radius 1 is 1.06 bits per heavy atom. The van der Waals surface area contributed by atoms with Crippen LogP contribution in [0.25, 0.3) is 0 Å². The number of hydrogen-bond acceptors (Lipinski definition) is 4. The van der Waals surface area contributed by atoms with Crippen LogP contribution < -0.4 is 5.73 Å². The molecule has 0 bridgehead atoms. The maximum absolute atomic E-state index is 5.91. The Balaban J connectivity index is 1.97. The molecule has 0 aromatic carbocycles. The summed E-state index contributed by atoms with van der Waals surface area (Å²) in [5.74, 6) is 0. The van der Waals surface area contributed by atoms with E-state index in [0.717, 1.165) is 32.5 Å². The van der Waals surface area contributed by atoms with Gasteiger partial charge in [0.2, 0.25) is 0 Å². The van der Waals surface area contributed by atoms with Crippen LogP contribution in [0.15, 0.2) is 0 Å². The van der Waals surface area contributed by atoms with Crippen molar-refractivity contribution in [1.82, 2.24) is 0 Å². The summed E-state index contributed by atoms with van der Waals surface area (Å²) in [6.45, 7) is 3.47. The van der Waals surface area contributed by atoms with Gasteiger partial charge in [-0.2, -0.15) is 0 Å². The fraction of sp³-hybridized carbons (Fsp3) is 1.00. The summed E-state index contributed by atoms with van der Waals surface area (Å²) in [7, 11) is 1.68. The first-order chi connectivity index (χ1) is 7.83. The third-order valence-corrected chi connectivity index (χ3v) is 3.16. The van der Waals surface area contributed by atoms with Crippen molar-refractivity contribution in [1.29, 1.82) is 0 Å². The molecule has 0 unspecified atom stereocenters. The molecule has 0 spiro atoms.